The highest BCUT2D eigenvalue weighted by Gasteiger charge is 2.33. The lowest BCUT2D eigenvalue weighted by molar-refractivity contribution is 0.466. The zero-order chi connectivity index (χ0) is 27.3. The normalized spacial score (nSPS) is 11.9. The molecule has 3 rings (SSSR count). The molecule has 0 spiro atoms. The predicted molar refractivity (Wildman–Crippen MR) is 142 cm³/mol. The maximum atomic E-state index is 13.7. The Balaban J connectivity index is 2.12. The van der Waals surface area contributed by atoms with Crippen LogP contribution in [0.25, 0.3) is 0 Å². The van der Waals surface area contributed by atoms with Gasteiger partial charge in [0.15, 0.2) is 0 Å². The molecule has 37 heavy (non-hydrogen) atoms. The molecule has 0 atom stereocenters. The van der Waals surface area contributed by atoms with Crippen LogP contribution in [0.15, 0.2) is 134 Å². The van der Waals surface area contributed by atoms with E-state index in [-0.39, 0.29) is 14.7 Å². The molecule has 0 heterocycles. The van der Waals surface area contributed by atoms with Crippen molar-refractivity contribution in [2.45, 2.75) is 21.6 Å². The molecule has 3 aromatic carbocycles. The van der Waals surface area contributed by atoms with Crippen LogP contribution in [0.4, 0.5) is 0 Å². The minimum Gasteiger partial charge on any atom is -0.218 e. The molecule has 3 aromatic rings. The summed E-state index contributed by atoms with van der Waals surface area (Å²) in [6.45, 7) is 7.25. The molecular weight excluding hydrogens is 530 g/mol. The van der Waals surface area contributed by atoms with Crippen LogP contribution < -0.4 is 0 Å². The fourth-order valence-corrected chi connectivity index (χ4v) is 7.53. The van der Waals surface area contributed by atoms with E-state index in [1.807, 2.05) is 0 Å². The number of sulfone groups is 2. The summed E-state index contributed by atoms with van der Waals surface area (Å²) >= 11 is 0. The van der Waals surface area contributed by atoms with Crippen LogP contribution in [0.1, 0.15) is 5.56 Å². The van der Waals surface area contributed by atoms with Gasteiger partial charge in [0.25, 0.3) is 0 Å². The van der Waals surface area contributed by atoms with Gasteiger partial charge in [0.1, 0.15) is 9.81 Å². The second kappa shape index (κ2) is 11.3. The van der Waals surface area contributed by atoms with Gasteiger partial charge < -0.3 is 0 Å². The highest BCUT2D eigenvalue weighted by atomic mass is 32.2. The summed E-state index contributed by atoms with van der Waals surface area (Å²) in [5.41, 5.74) is 5.49. The molecule has 0 fully saturated rings. The molecule has 0 aliphatic rings. The summed E-state index contributed by atoms with van der Waals surface area (Å²) in [7, 11) is -12.8. The zero-order valence-corrected chi connectivity index (χ0v) is 22.5. The van der Waals surface area contributed by atoms with Crippen molar-refractivity contribution in [2.75, 3.05) is 13.1 Å². The third-order valence-corrected chi connectivity index (χ3v) is 10.9. The van der Waals surface area contributed by atoms with Gasteiger partial charge in [0.2, 0.25) is 29.7 Å². The van der Waals surface area contributed by atoms with Crippen molar-refractivity contribution in [2.24, 2.45) is 0 Å². The van der Waals surface area contributed by atoms with Crippen LogP contribution in [-0.4, -0.2) is 42.6 Å². The van der Waals surface area contributed by atoms with Crippen LogP contribution in [0.3, 0.4) is 0 Å². The number of hydrogen-bond acceptors (Lipinski definition) is 6. The lowest BCUT2D eigenvalue weighted by atomic mass is 10.2. The first-order chi connectivity index (χ1) is 17.4. The third-order valence-electron chi connectivity index (χ3n) is 5.45. The lowest BCUT2D eigenvalue weighted by Gasteiger charge is -2.24. The topological polar surface area (TPSA) is 106 Å². The largest absolute Gasteiger partial charge is 0.243 e. The molecule has 0 aliphatic heterocycles. The van der Waals surface area contributed by atoms with Gasteiger partial charge in [-0.2, -0.15) is 4.31 Å². The van der Waals surface area contributed by atoms with E-state index in [0.29, 0.717) is 0 Å². The average molecular weight is 556 g/mol. The van der Waals surface area contributed by atoms with Crippen LogP contribution >= 0.6 is 0 Å². The summed E-state index contributed by atoms with van der Waals surface area (Å²) < 4.78 is 81.2. The van der Waals surface area contributed by atoms with Crippen molar-refractivity contribution in [3.8, 4) is 0 Å². The first kappa shape index (κ1) is 28.1. The highest BCUT2D eigenvalue weighted by Crippen LogP contribution is 2.26. The second-order valence-corrected chi connectivity index (χ2v) is 13.8. The number of hydrogen-bond donors (Lipinski definition) is 0. The Morgan fingerprint density at radius 3 is 1.35 bits per heavy atom. The minimum atomic E-state index is -4.39. The fraction of sp³-hybridized carbons (Fsp3) is 0.111. The molecule has 0 bridgehead atoms. The van der Waals surface area contributed by atoms with E-state index in [0.717, 1.165) is 9.87 Å². The molecule has 10 heteroatoms. The van der Waals surface area contributed by atoms with Gasteiger partial charge in [-0.25, -0.2) is 25.3 Å². The molecule has 0 N–H and O–H groups in total. The molecular formula is C27H25NO6S3. The molecule has 0 saturated carbocycles. The van der Waals surface area contributed by atoms with E-state index in [2.05, 4.69) is 24.6 Å². The fourth-order valence-electron chi connectivity index (χ4n) is 3.36. The monoisotopic (exact) mass is 555 g/mol. The van der Waals surface area contributed by atoms with Crippen molar-refractivity contribution < 1.29 is 25.3 Å². The van der Waals surface area contributed by atoms with Crippen LogP contribution in [0.2, 0.25) is 0 Å². The smallest absolute Gasteiger partial charge is 0.218 e. The molecule has 0 saturated heterocycles. The molecule has 0 radical (unpaired) electrons. The third kappa shape index (κ3) is 6.09. The van der Waals surface area contributed by atoms with Crippen molar-refractivity contribution in [3.63, 3.8) is 0 Å². The minimum absolute atomic E-state index is 0.0785. The summed E-state index contributed by atoms with van der Waals surface area (Å²) in [6, 6.07) is 20.7. The van der Waals surface area contributed by atoms with Crippen molar-refractivity contribution in [1.82, 2.24) is 4.31 Å². The summed E-state index contributed by atoms with van der Waals surface area (Å²) in [4.78, 5) is -1.17. The van der Waals surface area contributed by atoms with Crippen molar-refractivity contribution in [1.29, 1.82) is 0 Å². The zero-order valence-electron chi connectivity index (χ0n) is 20.0. The quantitative estimate of drug-likeness (QED) is 0.346. The van der Waals surface area contributed by atoms with Crippen LogP contribution in [0, 0.1) is 6.92 Å². The predicted octanol–water partition coefficient (Wildman–Crippen LogP) is 4.27. The summed E-state index contributed by atoms with van der Waals surface area (Å²) in [5, 5.41) is 0. The Morgan fingerprint density at radius 2 is 1.00 bits per heavy atom. The van der Waals surface area contributed by atoms with Gasteiger partial charge in [-0.3, -0.25) is 0 Å². The Morgan fingerprint density at radius 1 is 0.622 bits per heavy atom. The SMILES string of the molecule is C=C=C(CN(CC(=C=C)S(=O)(=O)c1ccccc1)S(=O)(=O)c1ccc(C)cc1)S(=O)(=O)c1ccccc1. The number of sulfonamides is 1. The second-order valence-electron chi connectivity index (χ2n) is 7.92. The van der Waals surface area contributed by atoms with Gasteiger partial charge in [-0.1, -0.05) is 67.3 Å². The van der Waals surface area contributed by atoms with E-state index in [4.69, 9.17) is 0 Å². The van der Waals surface area contributed by atoms with E-state index in [9.17, 15) is 25.3 Å². The number of rotatable bonds is 10. The first-order valence-electron chi connectivity index (χ1n) is 10.9. The summed E-state index contributed by atoms with van der Waals surface area (Å²) in [5.74, 6) is 0. The number of nitrogens with zero attached hydrogens (tertiary/aromatic N) is 1. The van der Waals surface area contributed by atoms with Gasteiger partial charge in [-0.15, -0.1) is 11.5 Å². The first-order valence-corrected chi connectivity index (χ1v) is 15.3. The maximum absolute atomic E-state index is 13.7. The molecule has 7 nitrogen and oxygen atoms in total. The van der Waals surface area contributed by atoms with E-state index in [1.54, 1.807) is 31.2 Å². The van der Waals surface area contributed by atoms with Crippen molar-refractivity contribution >= 4 is 29.7 Å². The lowest BCUT2D eigenvalue weighted by Crippen LogP contribution is -2.36. The molecule has 192 valence electrons. The Kier molecular flexibility index (Phi) is 8.56. The van der Waals surface area contributed by atoms with E-state index in [1.165, 1.54) is 60.7 Å². The van der Waals surface area contributed by atoms with E-state index >= 15 is 0 Å². The molecule has 0 unspecified atom stereocenters. The van der Waals surface area contributed by atoms with Crippen LogP contribution in [-0.2, 0) is 29.7 Å². The van der Waals surface area contributed by atoms with Crippen LogP contribution in [0.5, 0.6) is 0 Å². The van der Waals surface area contributed by atoms with Gasteiger partial charge >= 0.3 is 0 Å². The average Bonchev–Trinajstić information content (AvgIpc) is 2.89. The molecule has 0 amide bonds. The Hall–Kier alpha value is -3.49. The molecule has 0 aromatic heterocycles. The Labute approximate surface area is 218 Å². The molecule has 0 aliphatic carbocycles. The number of benzene rings is 3. The van der Waals surface area contributed by atoms with Gasteiger partial charge in [-0.05, 0) is 43.3 Å². The Bertz CT molecular complexity index is 1600. The van der Waals surface area contributed by atoms with E-state index < -0.39 is 52.6 Å². The number of aryl methyl sites for hydroxylation is 1. The summed E-state index contributed by atoms with van der Waals surface area (Å²) in [6.07, 6.45) is 0. The standard InChI is InChI=1S/C27H25NO6S3/c1-4-23(35(29,30)25-12-8-6-9-13-25)20-28(37(33,34)27-18-16-22(3)17-19-27)21-24(5-2)36(31,32)26-14-10-7-11-15-26/h6-19H,1-2,20-21H2,3H3. The highest BCUT2D eigenvalue weighted by molar-refractivity contribution is 7.96. The maximum Gasteiger partial charge on any atom is 0.243 e. The van der Waals surface area contributed by atoms with Crippen molar-refractivity contribution in [3.05, 3.63) is 125 Å². The van der Waals surface area contributed by atoms with Gasteiger partial charge in [0, 0.05) is 0 Å². The van der Waals surface area contributed by atoms with Gasteiger partial charge in [0.05, 0.1) is 27.8 Å².